The molecule has 0 bridgehead atoms. The monoisotopic (exact) mass is 282 g/mol. The van der Waals surface area contributed by atoms with Crippen LogP contribution < -0.4 is 10.1 Å². The number of carbonyl (C=O) groups excluding carboxylic acids is 1. The van der Waals surface area contributed by atoms with Crippen molar-refractivity contribution in [1.29, 1.82) is 0 Å². The third-order valence-corrected chi connectivity index (χ3v) is 3.15. The summed E-state index contributed by atoms with van der Waals surface area (Å²) in [5.74, 6) is 0.483. The van der Waals surface area contributed by atoms with Gasteiger partial charge < -0.3 is 10.1 Å². The number of methoxy groups -OCH3 is 1. The lowest BCUT2D eigenvalue weighted by molar-refractivity contribution is 0.102. The van der Waals surface area contributed by atoms with Gasteiger partial charge in [-0.2, -0.15) is 5.10 Å². The number of amides is 1. The fourth-order valence-corrected chi connectivity index (χ4v) is 2.03. The predicted molar refractivity (Wildman–Crippen MR) is 78.7 cm³/mol. The lowest BCUT2D eigenvalue weighted by atomic mass is 10.2. The Bertz CT molecular complexity index is 777. The first-order valence-corrected chi connectivity index (χ1v) is 6.44. The van der Waals surface area contributed by atoms with Crippen LogP contribution in [0, 0.1) is 6.92 Å². The molecule has 2 heterocycles. The van der Waals surface area contributed by atoms with Gasteiger partial charge in [0.1, 0.15) is 5.75 Å². The Balaban J connectivity index is 1.85. The van der Waals surface area contributed by atoms with Gasteiger partial charge in [-0.3, -0.25) is 4.79 Å². The van der Waals surface area contributed by atoms with Crippen molar-refractivity contribution in [2.75, 3.05) is 12.4 Å². The molecule has 3 rings (SSSR count). The fourth-order valence-electron chi connectivity index (χ4n) is 2.03. The Morgan fingerprint density at radius 2 is 2.19 bits per heavy atom. The number of hydrogen-bond donors (Lipinski definition) is 1. The molecule has 2 aromatic heterocycles. The Labute approximate surface area is 121 Å². The number of nitrogens with zero attached hydrogens (tertiary/aromatic N) is 3. The van der Waals surface area contributed by atoms with Crippen LogP contribution in [0.5, 0.6) is 5.75 Å². The maximum Gasteiger partial charge on any atom is 0.276 e. The quantitative estimate of drug-likeness (QED) is 0.800. The van der Waals surface area contributed by atoms with Crippen LogP contribution >= 0.6 is 0 Å². The third kappa shape index (κ3) is 2.55. The van der Waals surface area contributed by atoms with Gasteiger partial charge in [-0.05, 0) is 36.8 Å². The molecule has 0 fully saturated rings. The van der Waals surface area contributed by atoms with Gasteiger partial charge in [0.05, 0.1) is 7.11 Å². The number of aromatic nitrogens is 3. The van der Waals surface area contributed by atoms with E-state index in [2.05, 4.69) is 15.4 Å². The second kappa shape index (κ2) is 5.24. The van der Waals surface area contributed by atoms with Gasteiger partial charge in [0.25, 0.3) is 5.91 Å². The fraction of sp³-hybridized carbons (Fsp3) is 0.133. The van der Waals surface area contributed by atoms with E-state index in [4.69, 9.17) is 4.74 Å². The molecule has 0 saturated carbocycles. The van der Waals surface area contributed by atoms with Crippen LogP contribution in [0.3, 0.4) is 0 Å². The molecule has 1 aromatic carbocycles. The molecule has 1 N–H and O–H groups in total. The average Bonchev–Trinajstić information content (AvgIpc) is 2.93. The molecule has 1 amide bonds. The number of hydrogen-bond acceptors (Lipinski definition) is 4. The number of ether oxygens (including phenoxy) is 1. The molecule has 0 aliphatic heterocycles. The zero-order valence-corrected chi connectivity index (χ0v) is 11.7. The molecule has 0 saturated heterocycles. The first-order valence-electron chi connectivity index (χ1n) is 6.44. The van der Waals surface area contributed by atoms with Gasteiger partial charge in [-0.15, -0.1) is 0 Å². The topological polar surface area (TPSA) is 68.5 Å². The molecule has 0 spiro atoms. The number of anilines is 1. The highest BCUT2D eigenvalue weighted by Gasteiger charge is 2.12. The van der Waals surface area contributed by atoms with Crippen LogP contribution in [-0.2, 0) is 0 Å². The maximum atomic E-state index is 12.2. The van der Waals surface area contributed by atoms with Gasteiger partial charge in [-0.25, -0.2) is 9.50 Å². The number of aryl methyl sites for hydroxylation is 1. The van der Waals surface area contributed by atoms with Crippen molar-refractivity contribution in [3.63, 3.8) is 0 Å². The summed E-state index contributed by atoms with van der Waals surface area (Å²) in [6.45, 7) is 1.91. The molecule has 106 valence electrons. The highest BCUT2D eigenvalue weighted by atomic mass is 16.5. The normalized spacial score (nSPS) is 10.6. The second-order valence-corrected chi connectivity index (χ2v) is 4.59. The van der Waals surface area contributed by atoms with E-state index in [-0.39, 0.29) is 5.91 Å². The number of rotatable bonds is 3. The van der Waals surface area contributed by atoms with Crippen LogP contribution in [0.25, 0.3) is 5.65 Å². The van der Waals surface area contributed by atoms with E-state index in [1.807, 2.05) is 13.0 Å². The molecule has 6 heteroatoms. The van der Waals surface area contributed by atoms with Gasteiger partial charge in [-0.1, -0.05) is 0 Å². The molecule has 0 aliphatic carbocycles. The predicted octanol–water partition coefficient (Wildman–Crippen LogP) is 2.30. The highest BCUT2D eigenvalue weighted by Crippen LogP contribution is 2.21. The maximum absolute atomic E-state index is 12.2. The van der Waals surface area contributed by atoms with Gasteiger partial charge >= 0.3 is 0 Å². The van der Waals surface area contributed by atoms with Gasteiger partial charge in [0.15, 0.2) is 11.3 Å². The Morgan fingerprint density at radius 1 is 1.33 bits per heavy atom. The van der Waals surface area contributed by atoms with Gasteiger partial charge in [0, 0.05) is 24.1 Å². The van der Waals surface area contributed by atoms with Crippen molar-refractivity contribution in [2.45, 2.75) is 6.92 Å². The molecular weight excluding hydrogens is 268 g/mol. The van der Waals surface area contributed by atoms with Crippen LogP contribution in [0.1, 0.15) is 16.1 Å². The molecular formula is C15H14N4O2. The SMILES string of the molecule is COc1ccc(NC(=O)c2cc3ncccn3n2)c(C)c1. The van der Waals surface area contributed by atoms with Crippen LogP contribution in [0.4, 0.5) is 5.69 Å². The molecule has 0 atom stereocenters. The summed E-state index contributed by atoms with van der Waals surface area (Å²) in [5, 5.41) is 7.03. The minimum absolute atomic E-state index is 0.270. The summed E-state index contributed by atoms with van der Waals surface area (Å²) < 4.78 is 6.71. The summed E-state index contributed by atoms with van der Waals surface area (Å²) >= 11 is 0. The Morgan fingerprint density at radius 3 is 2.90 bits per heavy atom. The summed E-state index contributed by atoms with van der Waals surface area (Å²) in [7, 11) is 1.61. The smallest absolute Gasteiger partial charge is 0.276 e. The lowest BCUT2D eigenvalue weighted by Gasteiger charge is -2.08. The summed E-state index contributed by atoms with van der Waals surface area (Å²) in [4.78, 5) is 16.4. The van der Waals surface area contributed by atoms with E-state index in [0.29, 0.717) is 11.3 Å². The van der Waals surface area contributed by atoms with Crippen LogP contribution in [0.2, 0.25) is 0 Å². The van der Waals surface area contributed by atoms with Crippen LogP contribution in [0.15, 0.2) is 42.7 Å². The average molecular weight is 282 g/mol. The minimum atomic E-state index is -0.270. The highest BCUT2D eigenvalue weighted by molar-refractivity contribution is 6.03. The molecule has 0 aliphatic rings. The van der Waals surface area contributed by atoms with E-state index < -0.39 is 0 Å². The van der Waals surface area contributed by atoms with E-state index in [1.54, 1.807) is 48.3 Å². The molecule has 0 unspecified atom stereocenters. The van der Waals surface area contributed by atoms with Crippen molar-refractivity contribution in [3.8, 4) is 5.75 Å². The number of fused-ring (bicyclic) bond motifs is 1. The lowest BCUT2D eigenvalue weighted by Crippen LogP contribution is -2.13. The summed E-state index contributed by atoms with van der Waals surface area (Å²) in [6.07, 6.45) is 3.41. The zero-order valence-electron chi connectivity index (χ0n) is 11.7. The second-order valence-electron chi connectivity index (χ2n) is 4.59. The summed E-state index contributed by atoms with van der Waals surface area (Å²) in [5.41, 5.74) is 2.61. The number of nitrogens with one attached hydrogen (secondary N) is 1. The Hall–Kier alpha value is -2.89. The third-order valence-electron chi connectivity index (χ3n) is 3.15. The molecule has 3 aromatic rings. The van der Waals surface area contributed by atoms with E-state index in [1.165, 1.54) is 0 Å². The number of benzene rings is 1. The van der Waals surface area contributed by atoms with Crippen LogP contribution in [-0.4, -0.2) is 27.6 Å². The van der Waals surface area contributed by atoms with E-state index >= 15 is 0 Å². The van der Waals surface area contributed by atoms with Crippen molar-refractivity contribution in [2.24, 2.45) is 0 Å². The largest absolute Gasteiger partial charge is 0.497 e. The van der Waals surface area contributed by atoms with Crippen molar-refractivity contribution in [1.82, 2.24) is 14.6 Å². The first-order chi connectivity index (χ1) is 10.2. The molecule has 21 heavy (non-hydrogen) atoms. The summed E-state index contributed by atoms with van der Waals surface area (Å²) in [6, 6.07) is 8.87. The molecule has 0 radical (unpaired) electrons. The minimum Gasteiger partial charge on any atom is -0.497 e. The van der Waals surface area contributed by atoms with E-state index in [0.717, 1.165) is 17.0 Å². The number of carbonyl (C=O) groups is 1. The Kier molecular flexibility index (Phi) is 3.27. The standard InChI is InChI=1S/C15H14N4O2/c1-10-8-11(21-2)4-5-12(10)17-15(20)13-9-14-16-6-3-7-19(14)18-13/h3-9H,1-2H3,(H,17,20). The van der Waals surface area contributed by atoms with Gasteiger partial charge in [0.2, 0.25) is 0 Å². The first kappa shape index (κ1) is 13.1. The van der Waals surface area contributed by atoms with Crippen molar-refractivity contribution in [3.05, 3.63) is 54.0 Å². The molecule has 6 nitrogen and oxygen atoms in total. The zero-order chi connectivity index (χ0) is 14.8. The van der Waals surface area contributed by atoms with Crippen molar-refractivity contribution < 1.29 is 9.53 Å². The van der Waals surface area contributed by atoms with E-state index in [9.17, 15) is 4.79 Å². The van der Waals surface area contributed by atoms with Crippen molar-refractivity contribution >= 4 is 17.2 Å².